The monoisotopic (exact) mass is 336 g/mol. The van der Waals surface area contributed by atoms with Gasteiger partial charge in [-0.3, -0.25) is 4.79 Å². The molecule has 1 saturated heterocycles. The van der Waals surface area contributed by atoms with Crippen molar-refractivity contribution in [3.05, 3.63) is 27.7 Å². The van der Waals surface area contributed by atoms with Crippen LogP contribution in [0.4, 0.5) is 5.69 Å². The molecule has 1 aliphatic heterocycles. The minimum absolute atomic E-state index is 0.232. The van der Waals surface area contributed by atoms with Gasteiger partial charge in [0.1, 0.15) is 5.41 Å². The topological polar surface area (TPSA) is 62.1 Å². The highest BCUT2D eigenvalue weighted by molar-refractivity contribution is 9.10. The molecule has 1 aliphatic rings. The number of nitriles is 1. The fourth-order valence-corrected chi connectivity index (χ4v) is 2.61. The molecule has 0 atom stereocenters. The zero-order chi connectivity index (χ0) is 14.8. The molecule has 5 heteroatoms. The largest absolute Gasteiger partial charge is 0.381 e. The molecule has 0 spiro atoms. The van der Waals surface area contributed by atoms with Crippen molar-refractivity contribution in [2.24, 2.45) is 5.41 Å². The summed E-state index contributed by atoms with van der Waals surface area (Å²) in [6, 6.07) is 5.98. The number of carbonyl (C=O) groups excluding carboxylic acids is 1. The van der Waals surface area contributed by atoms with Crippen molar-refractivity contribution in [3.8, 4) is 6.07 Å². The SMILES string of the molecule is Cc1cc(NC(=O)C2(C#N)CCOCC2)cc(C)c1Br. The van der Waals surface area contributed by atoms with E-state index in [-0.39, 0.29) is 5.91 Å². The maximum Gasteiger partial charge on any atom is 0.245 e. The summed E-state index contributed by atoms with van der Waals surface area (Å²) < 4.78 is 6.28. The van der Waals surface area contributed by atoms with Crippen LogP contribution in [0.25, 0.3) is 0 Å². The summed E-state index contributed by atoms with van der Waals surface area (Å²) in [6.45, 7) is 4.86. The summed E-state index contributed by atoms with van der Waals surface area (Å²) in [7, 11) is 0. The highest BCUT2D eigenvalue weighted by atomic mass is 79.9. The number of hydrogen-bond acceptors (Lipinski definition) is 3. The van der Waals surface area contributed by atoms with Crippen molar-refractivity contribution < 1.29 is 9.53 Å². The van der Waals surface area contributed by atoms with Crippen molar-refractivity contribution in [2.75, 3.05) is 18.5 Å². The lowest BCUT2D eigenvalue weighted by atomic mass is 9.81. The molecular formula is C15H17BrN2O2. The number of amides is 1. The van der Waals surface area contributed by atoms with Crippen LogP contribution in [0.15, 0.2) is 16.6 Å². The number of ether oxygens (including phenoxy) is 1. The summed E-state index contributed by atoms with van der Waals surface area (Å²) in [6.07, 6.45) is 0.896. The van der Waals surface area contributed by atoms with Gasteiger partial charge in [0.05, 0.1) is 6.07 Å². The third-order valence-electron chi connectivity index (χ3n) is 3.69. The zero-order valence-electron chi connectivity index (χ0n) is 11.6. The number of nitrogens with one attached hydrogen (secondary N) is 1. The Hall–Kier alpha value is -1.38. The van der Waals surface area contributed by atoms with E-state index in [0.717, 1.165) is 21.3 Å². The minimum Gasteiger partial charge on any atom is -0.381 e. The summed E-state index contributed by atoms with van der Waals surface area (Å²) in [5, 5.41) is 12.2. The molecule has 0 aliphatic carbocycles. The number of aryl methyl sites for hydroxylation is 2. The third kappa shape index (κ3) is 2.87. The van der Waals surface area contributed by atoms with E-state index in [1.807, 2.05) is 26.0 Å². The molecule has 1 aromatic rings. The van der Waals surface area contributed by atoms with Crippen LogP contribution in [0.2, 0.25) is 0 Å². The van der Waals surface area contributed by atoms with E-state index in [2.05, 4.69) is 27.3 Å². The minimum atomic E-state index is -0.965. The lowest BCUT2D eigenvalue weighted by Gasteiger charge is -2.29. The Morgan fingerprint density at radius 1 is 1.35 bits per heavy atom. The van der Waals surface area contributed by atoms with Crippen LogP contribution in [0.5, 0.6) is 0 Å². The van der Waals surface area contributed by atoms with Gasteiger partial charge < -0.3 is 10.1 Å². The number of hydrogen-bond donors (Lipinski definition) is 1. The number of halogens is 1. The van der Waals surface area contributed by atoms with Crippen LogP contribution >= 0.6 is 15.9 Å². The average molecular weight is 337 g/mol. The summed E-state index contributed by atoms with van der Waals surface area (Å²) in [5.41, 5.74) is 1.87. The number of carbonyl (C=O) groups is 1. The van der Waals surface area contributed by atoms with Crippen LogP contribution in [0.1, 0.15) is 24.0 Å². The van der Waals surface area contributed by atoms with E-state index < -0.39 is 5.41 Å². The van der Waals surface area contributed by atoms with Gasteiger partial charge >= 0.3 is 0 Å². The van der Waals surface area contributed by atoms with Gasteiger partial charge in [0.15, 0.2) is 0 Å². The maximum atomic E-state index is 12.4. The molecule has 20 heavy (non-hydrogen) atoms. The predicted molar refractivity (Wildman–Crippen MR) is 80.3 cm³/mol. The Kier molecular flexibility index (Phi) is 4.46. The quantitative estimate of drug-likeness (QED) is 0.900. The smallest absolute Gasteiger partial charge is 0.245 e. The molecule has 2 rings (SSSR count). The molecule has 0 unspecified atom stereocenters. The molecule has 0 aromatic heterocycles. The first-order chi connectivity index (χ1) is 9.48. The van der Waals surface area contributed by atoms with Crippen molar-refractivity contribution in [1.29, 1.82) is 5.26 Å². The van der Waals surface area contributed by atoms with E-state index in [9.17, 15) is 10.1 Å². The Morgan fingerprint density at radius 3 is 2.40 bits per heavy atom. The number of benzene rings is 1. The predicted octanol–water partition coefficient (Wildman–Crippen LogP) is 3.32. The van der Waals surface area contributed by atoms with Crippen molar-refractivity contribution in [3.63, 3.8) is 0 Å². The number of nitrogens with zero attached hydrogens (tertiary/aromatic N) is 1. The van der Waals surface area contributed by atoms with Crippen LogP contribution in [-0.4, -0.2) is 19.1 Å². The Balaban J connectivity index is 2.21. The van der Waals surface area contributed by atoms with Gasteiger partial charge in [-0.15, -0.1) is 0 Å². The number of rotatable bonds is 2. The molecular weight excluding hydrogens is 320 g/mol. The summed E-state index contributed by atoms with van der Waals surface area (Å²) >= 11 is 3.50. The molecule has 0 bridgehead atoms. The Labute approximate surface area is 127 Å². The van der Waals surface area contributed by atoms with Gasteiger partial charge in [0.25, 0.3) is 0 Å². The molecule has 0 saturated carbocycles. The standard InChI is InChI=1S/C15H17BrN2O2/c1-10-7-12(8-11(2)13(10)16)18-14(19)15(9-17)3-5-20-6-4-15/h7-8H,3-6H2,1-2H3,(H,18,19). The second-order valence-electron chi connectivity index (χ2n) is 5.18. The van der Waals surface area contributed by atoms with Crippen molar-refractivity contribution in [2.45, 2.75) is 26.7 Å². The fourth-order valence-electron chi connectivity index (χ4n) is 2.38. The fraction of sp³-hybridized carbons (Fsp3) is 0.467. The van der Waals surface area contributed by atoms with Gasteiger partial charge in [0.2, 0.25) is 5.91 Å². The second kappa shape index (κ2) is 5.94. The summed E-state index contributed by atoms with van der Waals surface area (Å²) in [5.74, 6) is -0.232. The molecule has 1 fully saturated rings. The average Bonchev–Trinajstić information content (AvgIpc) is 2.45. The normalized spacial score (nSPS) is 17.3. The molecule has 1 heterocycles. The van der Waals surface area contributed by atoms with E-state index >= 15 is 0 Å². The van der Waals surface area contributed by atoms with E-state index in [1.54, 1.807) is 0 Å². The second-order valence-corrected chi connectivity index (χ2v) is 5.98. The molecule has 1 N–H and O–H groups in total. The molecule has 106 valence electrons. The number of anilines is 1. The van der Waals surface area contributed by atoms with Gasteiger partial charge in [-0.1, -0.05) is 15.9 Å². The lowest BCUT2D eigenvalue weighted by molar-refractivity contribution is -0.126. The Morgan fingerprint density at radius 2 is 1.90 bits per heavy atom. The summed E-state index contributed by atoms with van der Waals surface area (Å²) in [4.78, 5) is 12.4. The first-order valence-electron chi connectivity index (χ1n) is 6.56. The van der Waals surface area contributed by atoms with E-state index in [1.165, 1.54) is 0 Å². The molecule has 4 nitrogen and oxygen atoms in total. The highest BCUT2D eigenvalue weighted by Crippen LogP contribution is 2.32. The van der Waals surface area contributed by atoms with Crippen molar-refractivity contribution >= 4 is 27.5 Å². The van der Waals surface area contributed by atoms with E-state index in [0.29, 0.717) is 26.1 Å². The van der Waals surface area contributed by atoms with Gasteiger partial charge in [-0.2, -0.15) is 5.26 Å². The molecule has 1 aromatic carbocycles. The van der Waals surface area contributed by atoms with Gasteiger partial charge in [-0.05, 0) is 49.9 Å². The van der Waals surface area contributed by atoms with Crippen LogP contribution < -0.4 is 5.32 Å². The first kappa shape index (κ1) is 15.0. The first-order valence-corrected chi connectivity index (χ1v) is 7.35. The van der Waals surface area contributed by atoms with Crippen LogP contribution in [0, 0.1) is 30.6 Å². The van der Waals surface area contributed by atoms with Gasteiger partial charge in [-0.25, -0.2) is 0 Å². The molecule has 1 amide bonds. The highest BCUT2D eigenvalue weighted by Gasteiger charge is 2.40. The maximum absolute atomic E-state index is 12.4. The van der Waals surface area contributed by atoms with E-state index in [4.69, 9.17) is 4.74 Å². The van der Waals surface area contributed by atoms with Crippen molar-refractivity contribution in [1.82, 2.24) is 0 Å². The molecule has 0 radical (unpaired) electrons. The third-order valence-corrected chi connectivity index (χ3v) is 4.94. The van der Waals surface area contributed by atoms with Gasteiger partial charge in [0, 0.05) is 23.4 Å². The van der Waals surface area contributed by atoms with Crippen LogP contribution in [0.3, 0.4) is 0 Å². The zero-order valence-corrected chi connectivity index (χ0v) is 13.2. The Bertz CT molecular complexity index is 549. The van der Waals surface area contributed by atoms with Crippen LogP contribution in [-0.2, 0) is 9.53 Å². The lowest BCUT2D eigenvalue weighted by Crippen LogP contribution is -2.39.